The fourth-order valence-electron chi connectivity index (χ4n) is 3.63. The number of aryl methyl sites for hydroxylation is 2. The third-order valence-electron chi connectivity index (χ3n) is 5.35. The van der Waals surface area contributed by atoms with Crippen LogP contribution in [0.25, 0.3) is 11.0 Å². The van der Waals surface area contributed by atoms with Crippen LogP contribution in [0.2, 0.25) is 0 Å². The van der Waals surface area contributed by atoms with Crippen molar-refractivity contribution < 1.29 is 27.0 Å². The van der Waals surface area contributed by atoms with Gasteiger partial charge in [-0.2, -0.15) is 13.2 Å². The Labute approximate surface area is 188 Å². The standard InChI is InChI=1S/C25H22F4N2O2/c1-32-19-9-5-18(6-10-19)14-16-33-20-11-7-17(8-12-20)13-15-31-22-4-2-3-21(26)23(22)30-24(31)25(27,28)29/h2-12H,13-16H2,1H3. The van der Waals surface area contributed by atoms with Gasteiger partial charge in [0.25, 0.3) is 0 Å². The summed E-state index contributed by atoms with van der Waals surface area (Å²) < 4.78 is 66.2. The van der Waals surface area contributed by atoms with E-state index in [1.807, 2.05) is 36.4 Å². The van der Waals surface area contributed by atoms with Crippen LogP contribution in [0.15, 0.2) is 66.7 Å². The van der Waals surface area contributed by atoms with Crippen LogP contribution in [0.5, 0.6) is 11.5 Å². The van der Waals surface area contributed by atoms with Gasteiger partial charge in [0.05, 0.1) is 19.2 Å². The summed E-state index contributed by atoms with van der Waals surface area (Å²) in [6, 6.07) is 18.9. The van der Waals surface area contributed by atoms with Crippen LogP contribution in [-0.4, -0.2) is 23.3 Å². The van der Waals surface area contributed by atoms with E-state index in [0.29, 0.717) is 18.8 Å². The SMILES string of the molecule is COc1ccc(CCOc2ccc(CCn3c(C(F)(F)F)nc4c(F)cccc43)cc2)cc1. The van der Waals surface area contributed by atoms with Crippen LogP contribution >= 0.6 is 0 Å². The Morgan fingerprint density at radius 3 is 2.12 bits per heavy atom. The highest BCUT2D eigenvalue weighted by Crippen LogP contribution is 2.32. The molecule has 4 rings (SSSR count). The van der Waals surface area contributed by atoms with Crippen molar-refractivity contribution in [1.29, 1.82) is 0 Å². The summed E-state index contributed by atoms with van der Waals surface area (Å²) >= 11 is 0. The number of aromatic nitrogens is 2. The van der Waals surface area contributed by atoms with Crippen LogP contribution in [-0.2, 0) is 25.6 Å². The van der Waals surface area contributed by atoms with Gasteiger partial charge in [0.2, 0.25) is 5.82 Å². The first kappa shape index (κ1) is 22.6. The average molecular weight is 458 g/mol. The van der Waals surface area contributed by atoms with E-state index >= 15 is 0 Å². The number of imidazole rings is 1. The number of halogens is 4. The molecule has 0 aliphatic carbocycles. The molecule has 0 bridgehead atoms. The van der Waals surface area contributed by atoms with Crippen molar-refractivity contribution in [1.82, 2.24) is 9.55 Å². The summed E-state index contributed by atoms with van der Waals surface area (Å²) in [5.41, 5.74) is 1.81. The molecule has 172 valence electrons. The molecule has 8 heteroatoms. The molecule has 1 aromatic heterocycles. The predicted molar refractivity (Wildman–Crippen MR) is 117 cm³/mol. The number of rotatable bonds is 8. The lowest BCUT2D eigenvalue weighted by atomic mass is 10.1. The number of hydrogen-bond acceptors (Lipinski definition) is 3. The van der Waals surface area contributed by atoms with E-state index in [1.165, 1.54) is 12.1 Å². The van der Waals surface area contributed by atoms with Crippen molar-refractivity contribution in [3.05, 3.63) is 89.5 Å². The van der Waals surface area contributed by atoms with Crippen LogP contribution in [0.1, 0.15) is 17.0 Å². The lowest BCUT2D eigenvalue weighted by molar-refractivity contribution is -0.146. The van der Waals surface area contributed by atoms with Crippen molar-refractivity contribution >= 4 is 11.0 Å². The lowest BCUT2D eigenvalue weighted by Gasteiger charge is -2.12. The Balaban J connectivity index is 1.38. The zero-order chi connectivity index (χ0) is 23.4. The number of nitrogens with zero attached hydrogens (tertiary/aromatic N) is 2. The fraction of sp³-hybridized carbons (Fsp3) is 0.240. The smallest absolute Gasteiger partial charge is 0.449 e. The van der Waals surface area contributed by atoms with Gasteiger partial charge < -0.3 is 14.0 Å². The second kappa shape index (κ2) is 9.52. The fourth-order valence-corrected chi connectivity index (χ4v) is 3.63. The van der Waals surface area contributed by atoms with Crippen molar-refractivity contribution in [2.24, 2.45) is 0 Å². The highest BCUT2D eigenvalue weighted by Gasteiger charge is 2.37. The Hall–Kier alpha value is -3.55. The van der Waals surface area contributed by atoms with Crippen molar-refractivity contribution in [2.45, 2.75) is 25.6 Å². The monoisotopic (exact) mass is 458 g/mol. The minimum absolute atomic E-state index is 0.0203. The second-order valence-electron chi connectivity index (χ2n) is 7.53. The molecule has 0 atom stereocenters. The van der Waals surface area contributed by atoms with Gasteiger partial charge in [0.15, 0.2) is 5.82 Å². The maximum Gasteiger partial charge on any atom is 0.449 e. The third kappa shape index (κ3) is 5.27. The van der Waals surface area contributed by atoms with Gasteiger partial charge in [-0.1, -0.05) is 30.3 Å². The Bertz CT molecular complexity index is 1220. The number of ether oxygens (including phenoxy) is 2. The molecule has 0 radical (unpaired) electrons. The molecule has 1 heterocycles. The molecule has 0 unspecified atom stereocenters. The van der Waals surface area contributed by atoms with Gasteiger partial charge in [-0.25, -0.2) is 9.37 Å². The molecular formula is C25H22F4N2O2. The van der Waals surface area contributed by atoms with Gasteiger partial charge in [-0.3, -0.25) is 0 Å². The van der Waals surface area contributed by atoms with E-state index in [2.05, 4.69) is 4.98 Å². The predicted octanol–water partition coefficient (Wildman–Crippen LogP) is 6.07. The molecular weight excluding hydrogens is 436 g/mol. The van der Waals surface area contributed by atoms with E-state index in [-0.39, 0.29) is 17.6 Å². The van der Waals surface area contributed by atoms with E-state index in [1.54, 1.807) is 19.2 Å². The Morgan fingerprint density at radius 2 is 1.48 bits per heavy atom. The second-order valence-corrected chi connectivity index (χ2v) is 7.53. The average Bonchev–Trinajstić information content (AvgIpc) is 3.20. The van der Waals surface area contributed by atoms with Crippen LogP contribution < -0.4 is 9.47 Å². The van der Waals surface area contributed by atoms with E-state index in [4.69, 9.17) is 9.47 Å². The van der Waals surface area contributed by atoms with Crippen LogP contribution in [0.3, 0.4) is 0 Å². The van der Waals surface area contributed by atoms with E-state index in [0.717, 1.165) is 33.9 Å². The molecule has 3 aromatic carbocycles. The van der Waals surface area contributed by atoms with Gasteiger partial charge >= 0.3 is 6.18 Å². The van der Waals surface area contributed by atoms with E-state index < -0.39 is 17.8 Å². The summed E-state index contributed by atoms with van der Waals surface area (Å²) in [5.74, 6) is -0.390. The number of benzene rings is 3. The Morgan fingerprint density at radius 1 is 0.848 bits per heavy atom. The molecule has 0 amide bonds. The normalized spacial score (nSPS) is 11.7. The molecule has 0 saturated heterocycles. The van der Waals surface area contributed by atoms with Gasteiger partial charge in [-0.15, -0.1) is 0 Å². The Kier molecular flexibility index (Phi) is 6.53. The zero-order valence-corrected chi connectivity index (χ0v) is 17.9. The van der Waals surface area contributed by atoms with Gasteiger partial charge in [0, 0.05) is 13.0 Å². The molecule has 0 aliphatic rings. The summed E-state index contributed by atoms with van der Waals surface area (Å²) in [6.07, 6.45) is -3.61. The minimum Gasteiger partial charge on any atom is -0.497 e. The highest BCUT2D eigenvalue weighted by molar-refractivity contribution is 5.76. The molecule has 33 heavy (non-hydrogen) atoms. The van der Waals surface area contributed by atoms with Crippen molar-refractivity contribution in [3.63, 3.8) is 0 Å². The highest BCUT2D eigenvalue weighted by atomic mass is 19.4. The first-order valence-corrected chi connectivity index (χ1v) is 10.4. The van der Waals surface area contributed by atoms with Crippen molar-refractivity contribution in [3.8, 4) is 11.5 Å². The zero-order valence-electron chi connectivity index (χ0n) is 17.9. The minimum atomic E-state index is -4.67. The molecule has 4 aromatic rings. The summed E-state index contributed by atoms with van der Waals surface area (Å²) in [4.78, 5) is 3.51. The maximum atomic E-state index is 14.0. The molecule has 0 spiro atoms. The molecule has 4 nitrogen and oxygen atoms in total. The topological polar surface area (TPSA) is 36.3 Å². The lowest BCUT2D eigenvalue weighted by Crippen LogP contribution is -2.16. The van der Waals surface area contributed by atoms with Crippen molar-refractivity contribution in [2.75, 3.05) is 13.7 Å². The molecule has 0 N–H and O–H groups in total. The summed E-state index contributed by atoms with van der Waals surface area (Å²) in [7, 11) is 1.62. The third-order valence-corrected chi connectivity index (χ3v) is 5.35. The quantitative estimate of drug-likeness (QED) is 0.301. The largest absolute Gasteiger partial charge is 0.497 e. The van der Waals surface area contributed by atoms with Gasteiger partial charge in [0.1, 0.15) is 17.0 Å². The van der Waals surface area contributed by atoms with E-state index in [9.17, 15) is 17.6 Å². The van der Waals surface area contributed by atoms with Crippen LogP contribution in [0, 0.1) is 5.82 Å². The number of para-hydroxylation sites is 1. The number of alkyl halides is 3. The first-order valence-electron chi connectivity index (χ1n) is 10.4. The molecule has 0 saturated carbocycles. The maximum absolute atomic E-state index is 14.0. The number of hydrogen-bond donors (Lipinski definition) is 0. The summed E-state index contributed by atoms with van der Waals surface area (Å²) in [5, 5.41) is 0. The molecule has 0 fully saturated rings. The number of fused-ring (bicyclic) bond motifs is 1. The number of methoxy groups -OCH3 is 1. The summed E-state index contributed by atoms with van der Waals surface area (Å²) in [6.45, 7) is 0.514. The molecule has 0 aliphatic heterocycles. The first-order chi connectivity index (χ1) is 15.8. The van der Waals surface area contributed by atoms with Crippen LogP contribution in [0.4, 0.5) is 17.6 Å². The van der Waals surface area contributed by atoms with Gasteiger partial charge in [-0.05, 0) is 53.9 Å².